The number of nitrogens with two attached hydrogens (primary N) is 1. The van der Waals surface area contributed by atoms with E-state index in [0.29, 0.717) is 18.7 Å². The molecule has 150 valence electrons. The lowest BCUT2D eigenvalue weighted by Gasteiger charge is -2.35. The molecule has 0 spiro atoms. The number of hydrogen-bond donors (Lipinski definition) is 2. The van der Waals surface area contributed by atoms with Crippen LogP contribution in [-0.2, 0) is 0 Å². The number of nitro benzene ring substituents is 1. The number of nitrogen functional groups attached to an aromatic ring is 1. The molecule has 0 unspecified atom stereocenters. The number of benzene rings is 2. The number of nitrogens with zero attached hydrogens (tertiary/aromatic N) is 3. The van der Waals surface area contributed by atoms with Crippen LogP contribution in [0.4, 0.5) is 26.2 Å². The van der Waals surface area contributed by atoms with Crippen molar-refractivity contribution in [2.45, 2.75) is 13.8 Å². The summed E-state index contributed by atoms with van der Waals surface area (Å²) in [4.78, 5) is 24.0. The van der Waals surface area contributed by atoms with Crippen LogP contribution in [0.2, 0.25) is 0 Å². The van der Waals surface area contributed by atoms with Crippen LogP contribution in [0.25, 0.3) is 0 Å². The maximum absolute atomic E-state index is 12.5. The molecule has 0 aliphatic carbocycles. The van der Waals surface area contributed by atoms with Gasteiger partial charge in [0.15, 0.2) is 0 Å². The van der Waals surface area contributed by atoms with Gasteiger partial charge in [-0.15, -0.1) is 0 Å². The smallest absolute Gasteiger partial charge is 0.407 e. The van der Waals surface area contributed by atoms with Crippen LogP contribution >= 0.6 is 0 Å². The fourth-order valence-electron chi connectivity index (χ4n) is 2.91. The van der Waals surface area contributed by atoms with Gasteiger partial charge in [-0.2, -0.15) is 0 Å². The number of aryl methyl sites for hydroxylation is 2. The van der Waals surface area contributed by atoms with Crippen LogP contribution in [-0.4, -0.2) is 47.2 Å². The van der Waals surface area contributed by atoms with E-state index in [1.807, 2.05) is 25.1 Å². The Morgan fingerprint density at radius 2 is 1.75 bits per heavy atom. The molecule has 8 nitrogen and oxygen atoms in total. The van der Waals surface area contributed by atoms with Crippen molar-refractivity contribution in [2.24, 2.45) is 0 Å². The first-order valence-electron chi connectivity index (χ1n) is 8.68. The van der Waals surface area contributed by atoms with Crippen LogP contribution in [0.15, 0.2) is 36.4 Å². The summed E-state index contributed by atoms with van der Waals surface area (Å²) in [6.07, 6.45) is -0.835. The number of hydrogen-bond acceptors (Lipinski definition) is 5. The molecule has 3 N–H and O–H groups in total. The minimum atomic E-state index is -0.835. The summed E-state index contributed by atoms with van der Waals surface area (Å²) >= 11 is 0. The van der Waals surface area contributed by atoms with Gasteiger partial charge in [0.2, 0.25) is 0 Å². The molecule has 1 amide bonds. The Balaban J connectivity index is 0.000000221. The van der Waals surface area contributed by atoms with E-state index in [4.69, 9.17) is 10.8 Å². The molecular formula is C19H23FN4O4. The van der Waals surface area contributed by atoms with Crippen molar-refractivity contribution in [1.82, 2.24) is 4.90 Å². The second-order valence-electron chi connectivity index (χ2n) is 6.49. The number of nitro groups is 1. The summed E-state index contributed by atoms with van der Waals surface area (Å²) in [5, 5.41) is 19.0. The molecule has 1 aliphatic heterocycles. The minimum absolute atomic E-state index is 0.0797. The van der Waals surface area contributed by atoms with Crippen molar-refractivity contribution in [1.29, 1.82) is 0 Å². The third-order valence-electron chi connectivity index (χ3n) is 4.46. The maximum atomic E-state index is 12.5. The lowest BCUT2D eigenvalue weighted by molar-refractivity contribution is -0.385. The van der Waals surface area contributed by atoms with Gasteiger partial charge < -0.3 is 20.6 Å². The highest BCUT2D eigenvalue weighted by molar-refractivity contribution is 5.66. The lowest BCUT2D eigenvalue weighted by Crippen LogP contribution is -2.48. The first-order chi connectivity index (χ1) is 13.2. The molecule has 9 heteroatoms. The topological polar surface area (TPSA) is 113 Å². The second-order valence-corrected chi connectivity index (χ2v) is 6.49. The Bertz CT molecular complexity index is 867. The standard InChI is InChI=1S/C12H17N3O2.C7H6FNO2/c1-9-8-10(13)2-3-11(9)14-4-6-15(7-5-14)12(16)17;1-5-4-6(9(10)11)2-3-7(5)8/h2-3,8H,4-7,13H2,1H3,(H,16,17);2-4H,1H3. The molecule has 3 rings (SSSR count). The van der Waals surface area contributed by atoms with Crippen molar-refractivity contribution in [3.63, 3.8) is 0 Å². The van der Waals surface area contributed by atoms with E-state index < -0.39 is 16.8 Å². The zero-order valence-electron chi connectivity index (χ0n) is 15.8. The molecular weight excluding hydrogens is 367 g/mol. The summed E-state index contributed by atoms with van der Waals surface area (Å²) < 4.78 is 12.5. The summed E-state index contributed by atoms with van der Waals surface area (Å²) in [5.41, 5.74) is 8.96. The van der Waals surface area contributed by atoms with Crippen molar-refractivity contribution in [2.75, 3.05) is 36.8 Å². The van der Waals surface area contributed by atoms with Gasteiger partial charge in [-0.05, 0) is 49.2 Å². The van der Waals surface area contributed by atoms with Crippen LogP contribution in [0.3, 0.4) is 0 Å². The average molecular weight is 390 g/mol. The van der Waals surface area contributed by atoms with Crippen molar-refractivity contribution in [3.8, 4) is 0 Å². The number of non-ortho nitro benzene ring substituents is 1. The number of carboxylic acid groups (broad SMARTS) is 1. The highest BCUT2D eigenvalue weighted by atomic mass is 19.1. The Labute approximate surface area is 162 Å². The van der Waals surface area contributed by atoms with Gasteiger partial charge in [-0.3, -0.25) is 10.1 Å². The lowest BCUT2D eigenvalue weighted by atomic mass is 10.1. The normalized spacial score (nSPS) is 13.5. The van der Waals surface area contributed by atoms with Crippen LogP contribution in [0, 0.1) is 29.8 Å². The van der Waals surface area contributed by atoms with Crippen LogP contribution in [0.1, 0.15) is 11.1 Å². The van der Waals surface area contributed by atoms with E-state index in [1.165, 1.54) is 17.9 Å². The van der Waals surface area contributed by atoms with Gasteiger partial charge in [0, 0.05) is 49.7 Å². The number of carbonyl (C=O) groups is 1. The van der Waals surface area contributed by atoms with Crippen molar-refractivity contribution >= 4 is 23.2 Å². The maximum Gasteiger partial charge on any atom is 0.407 e. The monoisotopic (exact) mass is 390 g/mol. The van der Waals surface area contributed by atoms with E-state index in [1.54, 1.807) is 0 Å². The van der Waals surface area contributed by atoms with E-state index in [-0.39, 0.29) is 5.69 Å². The number of piperazine rings is 1. The van der Waals surface area contributed by atoms with Gasteiger partial charge >= 0.3 is 6.09 Å². The largest absolute Gasteiger partial charge is 0.465 e. The molecule has 2 aromatic rings. The molecule has 0 aromatic heterocycles. The van der Waals surface area contributed by atoms with Gasteiger partial charge in [-0.1, -0.05) is 0 Å². The molecule has 1 heterocycles. The highest BCUT2D eigenvalue weighted by Gasteiger charge is 2.21. The summed E-state index contributed by atoms with van der Waals surface area (Å²) in [6.45, 7) is 6.09. The number of anilines is 2. The van der Waals surface area contributed by atoms with Gasteiger partial charge in [0.25, 0.3) is 5.69 Å². The Morgan fingerprint density at radius 3 is 2.25 bits per heavy atom. The molecule has 0 bridgehead atoms. The molecule has 0 saturated carbocycles. The third kappa shape index (κ3) is 5.32. The molecule has 1 aliphatic rings. The fraction of sp³-hybridized carbons (Fsp3) is 0.316. The van der Waals surface area contributed by atoms with E-state index in [9.17, 15) is 19.3 Å². The Kier molecular flexibility index (Phi) is 6.75. The highest BCUT2D eigenvalue weighted by Crippen LogP contribution is 2.23. The van der Waals surface area contributed by atoms with Gasteiger partial charge in [0.05, 0.1) is 4.92 Å². The molecule has 28 heavy (non-hydrogen) atoms. The quantitative estimate of drug-likeness (QED) is 0.461. The summed E-state index contributed by atoms with van der Waals surface area (Å²) in [7, 11) is 0. The first kappa shape index (κ1) is 20.9. The first-order valence-corrected chi connectivity index (χ1v) is 8.68. The summed E-state index contributed by atoms with van der Waals surface area (Å²) in [5.74, 6) is -0.421. The molecule has 0 atom stereocenters. The molecule has 2 aromatic carbocycles. The van der Waals surface area contributed by atoms with Crippen molar-refractivity contribution in [3.05, 3.63) is 63.5 Å². The van der Waals surface area contributed by atoms with Gasteiger partial charge in [-0.25, -0.2) is 9.18 Å². The Hall–Kier alpha value is -3.36. The molecule has 0 radical (unpaired) electrons. The number of rotatable bonds is 2. The van der Waals surface area contributed by atoms with E-state index >= 15 is 0 Å². The predicted molar refractivity (Wildman–Crippen MR) is 105 cm³/mol. The van der Waals surface area contributed by atoms with E-state index in [2.05, 4.69) is 4.90 Å². The SMILES string of the molecule is Cc1cc(N)ccc1N1CCN(C(=O)O)CC1.Cc1cc([N+](=O)[O-])ccc1F. The third-order valence-corrected chi connectivity index (χ3v) is 4.46. The van der Waals surface area contributed by atoms with E-state index in [0.717, 1.165) is 42.2 Å². The second kappa shape index (κ2) is 9.03. The number of amides is 1. The zero-order chi connectivity index (χ0) is 20.8. The number of halogens is 1. The molecule has 1 fully saturated rings. The Morgan fingerprint density at radius 1 is 1.11 bits per heavy atom. The fourth-order valence-corrected chi connectivity index (χ4v) is 2.91. The average Bonchev–Trinajstić information content (AvgIpc) is 2.64. The predicted octanol–water partition coefficient (Wildman–Crippen LogP) is 3.42. The zero-order valence-corrected chi connectivity index (χ0v) is 15.8. The van der Waals surface area contributed by atoms with Crippen LogP contribution < -0.4 is 10.6 Å². The molecule has 1 saturated heterocycles. The van der Waals surface area contributed by atoms with Crippen molar-refractivity contribution < 1.29 is 19.2 Å². The van der Waals surface area contributed by atoms with Gasteiger partial charge in [0.1, 0.15) is 5.82 Å². The van der Waals surface area contributed by atoms with Crippen LogP contribution in [0.5, 0.6) is 0 Å². The minimum Gasteiger partial charge on any atom is -0.465 e. The summed E-state index contributed by atoms with van der Waals surface area (Å²) in [6, 6.07) is 9.26.